The number of nitrogens with one attached hydrogen (secondary N) is 1. The summed E-state index contributed by atoms with van der Waals surface area (Å²) in [4.78, 5) is 0. The number of sulfone groups is 1. The maximum Gasteiger partial charge on any atom is 0.151 e. The van der Waals surface area contributed by atoms with E-state index in [1.165, 1.54) is 0 Å². The van der Waals surface area contributed by atoms with Crippen molar-refractivity contribution in [2.45, 2.75) is 19.9 Å². The fourth-order valence-electron chi connectivity index (χ4n) is 1.44. The van der Waals surface area contributed by atoms with Crippen molar-refractivity contribution in [1.82, 2.24) is 5.32 Å². The lowest BCUT2D eigenvalue weighted by molar-refractivity contribution is 0.573. The standard InChI is InChI=1S/C12H18ClNO2S/c1-3-17(15,16)9-8-14-10(2)11-4-6-12(13)7-5-11/h4-7,10,14H,3,8-9H2,1-2H3. The van der Waals surface area contributed by atoms with E-state index in [1.807, 2.05) is 31.2 Å². The molecule has 1 atom stereocenters. The number of hydrogen-bond acceptors (Lipinski definition) is 3. The highest BCUT2D eigenvalue weighted by atomic mass is 35.5. The van der Waals surface area contributed by atoms with Gasteiger partial charge >= 0.3 is 0 Å². The molecule has 0 saturated heterocycles. The van der Waals surface area contributed by atoms with Gasteiger partial charge in [0.15, 0.2) is 9.84 Å². The van der Waals surface area contributed by atoms with Gasteiger partial charge in [0.2, 0.25) is 0 Å². The van der Waals surface area contributed by atoms with Crippen LogP contribution in [0, 0.1) is 0 Å². The van der Waals surface area contributed by atoms with Crippen molar-refractivity contribution in [3.63, 3.8) is 0 Å². The van der Waals surface area contributed by atoms with Gasteiger partial charge in [-0.3, -0.25) is 0 Å². The summed E-state index contributed by atoms with van der Waals surface area (Å²) < 4.78 is 22.6. The van der Waals surface area contributed by atoms with Crippen molar-refractivity contribution in [2.24, 2.45) is 0 Å². The molecule has 0 heterocycles. The van der Waals surface area contributed by atoms with Crippen LogP contribution in [-0.4, -0.2) is 26.5 Å². The van der Waals surface area contributed by atoms with Gasteiger partial charge in [0, 0.05) is 23.4 Å². The summed E-state index contributed by atoms with van der Waals surface area (Å²) in [6, 6.07) is 7.66. The van der Waals surface area contributed by atoms with Gasteiger partial charge in [-0.1, -0.05) is 30.7 Å². The summed E-state index contributed by atoms with van der Waals surface area (Å²) in [5.41, 5.74) is 1.10. The van der Waals surface area contributed by atoms with E-state index in [0.717, 1.165) is 5.56 Å². The summed E-state index contributed by atoms with van der Waals surface area (Å²) in [5, 5.41) is 3.89. The minimum atomic E-state index is -2.89. The average Bonchev–Trinajstić information content (AvgIpc) is 2.29. The topological polar surface area (TPSA) is 46.2 Å². The molecule has 0 saturated carbocycles. The lowest BCUT2D eigenvalue weighted by Crippen LogP contribution is -2.26. The summed E-state index contributed by atoms with van der Waals surface area (Å²) in [5.74, 6) is 0.380. The smallest absolute Gasteiger partial charge is 0.151 e. The van der Waals surface area contributed by atoms with Crippen molar-refractivity contribution < 1.29 is 8.42 Å². The summed E-state index contributed by atoms with van der Waals surface area (Å²) in [7, 11) is -2.89. The molecule has 1 N–H and O–H groups in total. The van der Waals surface area contributed by atoms with Gasteiger partial charge in [0.1, 0.15) is 0 Å². The Hall–Kier alpha value is -0.580. The third kappa shape index (κ3) is 5.06. The summed E-state index contributed by atoms with van der Waals surface area (Å²) >= 11 is 5.80. The Morgan fingerprint density at radius 1 is 1.29 bits per heavy atom. The van der Waals surface area contributed by atoms with E-state index in [4.69, 9.17) is 11.6 Å². The SMILES string of the molecule is CCS(=O)(=O)CCNC(C)c1ccc(Cl)cc1. The lowest BCUT2D eigenvalue weighted by Gasteiger charge is -2.14. The second-order valence-corrected chi connectivity index (χ2v) is 6.87. The maximum atomic E-state index is 11.3. The van der Waals surface area contributed by atoms with Crippen molar-refractivity contribution in [2.75, 3.05) is 18.1 Å². The molecule has 0 aliphatic carbocycles. The molecule has 5 heteroatoms. The second-order valence-electron chi connectivity index (χ2n) is 3.96. The van der Waals surface area contributed by atoms with Crippen molar-refractivity contribution in [3.05, 3.63) is 34.9 Å². The lowest BCUT2D eigenvalue weighted by atomic mass is 10.1. The predicted octanol–water partition coefficient (Wildman–Crippen LogP) is 2.43. The molecule has 17 heavy (non-hydrogen) atoms. The van der Waals surface area contributed by atoms with Crippen LogP contribution in [0.25, 0.3) is 0 Å². The fraction of sp³-hybridized carbons (Fsp3) is 0.500. The molecule has 0 spiro atoms. The van der Waals surface area contributed by atoms with Gasteiger partial charge in [-0.05, 0) is 24.6 Å². The maximum absolute atomic E-state index is 11.3. The third-order valence-electron chi connectivity index (χ3n) is 2.67. The molecule has 0 bridgehead atoms. The van der Waals surface area contributed by atoms with E-state index in [0.29, 0.717) is 11.6 Å². The average molecular weight is 276 g/mol. The van der Waals surface area contributed by atoms with Crippen LogP contribution in [0.15, 0.2) is 24.3 Å². The zero-order valence-corrected chi connectivity index (χ0v) is 11.7. The first-order valence-electron chi connectivity index (χ1n) is 5.64. The molecule has 96 valence electrons. The van der Waals surface area contributed by atoms with Crippen molar-refractivity contribution >= 4 is 21.4 Å². The molecule has 1 unspecified atom stereocenters. The van der Waals surface area contributed by atoms with Crippen LogP contribution in [0.1, 0.15) is 25.5 Å². The molecule has 0 aromatic heterocycles. The molecular formula is C12H18ClNO2S. The summed E-state index contributed by atoms with van der Waals surface area (Å²) in [6.07, 6.45) is 0. The van der Waals surface area contributed by atoms with Crippen LogP contribution in [0.5, 0.6) is 0 Å². The van der Waals surface area contributed by atoms with E-state index < -0.39 is 9.84 Å². The molecule has 3 nitrogen and oxygen atoms in total. The monoisotopic (exact) mass is 275 g/mol. The van der Waals surface area contributed by atoms with Gasteiger partial charge in [-0.2, -0.15) is 0 Å². The van der Waals surface area contributed by atoms with Crippen LogP contribution in [-0.2, 0) is 9.84 Å². The molecule has 0 radical (unpaired) electrons. The van der Waals surface area contributed by atoms with Crippen LogP contribution >= 0.6 is 11.6 Å². The molecule has 0 amide bonds. The zero-order chi connectivity index (χ0) is 12.9. The van der Waals surface area contributed by atoms with Crippen molar-refractivity contribution in [1.29, 1.82) is 0 Å². The largest absolute Gasteiger partial charge is 0.309 e. The highest BCUT2D eigenvalue weighted by Gasteiger charge is 2.09. The Morgan fingerprint density at radius 3 is 2.41 bits per heavy atom. The van der Waals surface area contributed by atoms with Gasteiger partial charge in [0.25, 0.3) is 0 Å². The molecule has 1 aromatic rings. The van der Waals surface area contributed by atoms with Gasteiger partial charge in [-0.15, -0.1) is 0 Å². The number of hydrogen-bond donors (Lipinski definition) is 1. The minimum Gasteiger partial charge on any atom is -0.309 e. The second kappa shape index (κ2) is 6.38. The number of rotatable bonds is 6. The van der Waals surface area contributed by atoms with E-state index in [1.54, 1.807) is 6.92 Å². The van der Waals surface area contributed by atoms with Crippen LogP contribution in [0.4, 0.5) is 0 Å². The van der Waals surface area contributed by atoms with E-state index in [2.05, 4.69) is 5.32 Å². The minimum absolute atomic E-state index is 0.124. The first-order chi connectivity index (χ1) is 7.94. The predicted molar refractivity (Wildman–Crippen MR) is 72.2 cm³/mol. The Labute approximate surface area is 108 Å². The van der Waals surface area contributed by atoms with Crippen LogP contribution in [0.2, 0.25) is 5.02 Å². The first kappa shape index (κ1) is 14.5. The van der Waals surface area contributed by atoms with Crippen molar-refractivity contribution in [3.8, 4) is 0 Å². The summed E-state index contributed by atoms with van der Waals surface area (Å²) in [6.45, 7) is 4.14. The highest BCUT2D eigenvalue weighted by Crippen LogP contribution is 2.15. The Kier molecular flexibility index (Phi) is 5.43. The fourth-order valence-corrected chi connectivity index (χ4v) is 2.29. The first-order valence-corrected chi connectivity index (χ1v) is 7.84. The van der Waals surface area contributed by atoms with Gasteiger partial charge < -0.3 is 5.32 Å². The third-order valence-corrected chi connectivity index (χ3v) is 4.63. The Balaban J connectivity index is 2.45. The Bertz CT molecular complexity index is 442. The normalized spacial score (nSPS) is 13.6. The zero-order valence-electron chi connectivity index (χ0n) is 10.1. The molecule has 1 aromatic carbocycles. The van der Waals surface area contributed by atoms with E-state index in [-0.39, 0.29) is 17.5 Å². The molecule has 0 aliphatic rings. The number of halogens is 1. The molecule has 0 aliphatic heterocycles. The van der Waals surface area contributed by atoms with Crippen LogP contribution < -0.4 is 5.32 Å². The van der Waals surface area contributed by atoms with E-state index >= 15 is 0 Å². The van der Waals surface area contributed by atoms with Gasteiger partial charge in [-0.25, -0.2) is 8.42 Å². The number of benzene rings is 1. The molecule has 1 rings (SSSR count). The van der Waals surface area contributed by atoms with Gasteiger partial charge in [0.05, 0.1) is 5.75 Å². The van der Waals surface area contributed by atoms with Crippen LogP contribution in [0.3, 0.4) is 0 Å². The Morgan fingerprint density at radius 2 is 1.88 bits per heavy atom. The molecular weight excluding hydrogens is 258 g/mol. The molecule has 0 fully saturated rings. The quantitative estimate of drug-likeness (QED) is 0.867. The highest BCUT2D eigenvalue weighted by molar-refractivity contribution is 7.91. The van der Waals surface area contributed by atoms with E-state index in [9.17, 15) is 8.42 Å².